The number of rotatable bonds is 3. The van der Waals surface area contributed by atoms with Crippen molar-refractivity contribution in [1.29, 1.82) is 0 Å². The van der Waals surface area contributed by atoms with E-state index in [0.717, 1.165) is 24.3 Å². The molecule has 1 aliphatic heterocycles. The minimum Gasteiger partial charge on any atom is -0.493 e. The van der Waals surface area contributed by atoms with Crippen molar-refractivity contribution in [2.75, 3.05) is 20.8 Å². The summed E-state index contributed by atoms with van der Waals surface area (Å²) in [6, 6.07) is 4.05. The molecule has 3 nitrogen and oxygen atoms in total. The highest BCUT2D eigenvalue weighted by Crippen LogP contribution is 2.39. The van der Waals surface area contributed by atoms with Crippen LogP contribution in [0.3, 0.4) is 0 Å². The summed E-state index contributed by atoms with van der Waals surface area (Å²) in [5.74, 6) is 1.48. The van der Waals surface area contributed by atoms with E-state index in [1.807, 2.05) is 6.07 Å². The van der Waals surface area contributed by atoms with Crippen LogP contribution < -0.4 is 14.8 Å². The monoisotopic (exact) mass is 241 g/mol. The summed E-state index contributed by atoms with van der Waals surface area (Å²) < 4.78 is 10.7. The van der Waals surface area contributed by atoms with Crippen LogP contribution in [0.5, 0.6) is 11.5 Å². The van der Waals surface area contributed by atoms with Crippen LogP contribution in [-0.4, -0.2) is 20.8 Å². The second-order valence-corrected chi connectivity index (χ2v) is 4.32. The minimum absolute atomic E-state index is 0.322. The summed E-state index contributed by atoms with van der Waals surface area (Å²) in [4.78, 5) is 0. The summed E-state index contributed by atoms with van der Waals surface area (Å²) in [5.41, 5.74) is 1.09. The van der Waals surface area contributed by atoms with Crippen molar-refractivity contribution in [3.63, 3.8) is 0 Å². The third kappa shape index (κ3) is 2.11. The predicted molar refractivity (Wildman–Crippen MR) is 64.5 cm³/mol. The number of ether oxygens (including phenoxy) is 2. The Morgan fingerprint density at radius 1 is 1.31 bits per heavy atom. The summed E-state index contributed by atoms with van der Waals surface area (Å²) in [5, 5.41) is 4.11. The third-order valence-electron chi connectivity index (χ3n) is 2.91. The van der Waals surface area contributed by atoms with E-state index in [9.17, 15) is 0 Å². The first-order valence-electron chi connectivity index (χ1n) is 5.41. The van der Waals surface area contributed by atoms with Gasteiger partial charge in [0.2, 0.25) is 0 Å². The second-order valence-electron chi connectivity index (χ2n) is 3.88. The molecule has 0 aromatic heterocycles. The fourth-order valence-electron chi connectivity index (χ4n) is 2.17. The van der Waals surface area contributed by atoms with Crippen molar-refractivity contribution in [3.05, 3.63) is 22.7 Å². The zero-order valence-corrected chi connectivity index (χ0v) is 10.3. The number of benzene rings is 1. The number of halogens is 1. The van der Waals surface area contributed by atoms with Crippen LogP contribution in [-0.2, 0) is 0 Å². The van der Waals surface area contributed by atoms with Crippen LogP contribution in [0.4, 0.5) is 0 Å². The number of hydrogen-bond donors (Lipinski definition) is 1. The average Bonchev–Trinajstić information content (AvgIpc) is 2.81. The molecule has 1 aromatic carbocycles. The Balaban J connectivity index is 2.44. The molecule has 1 saturated heterocycles. The SMILES string of the molecule is COc1cc(Cl)cc(C2CCCN2)c1OC. The Kier molecular flexibility index (Phi) is 3.56. The molecule has 0 spiro atoms. The Labute approximate surface area is 101 Å². The molecule has 4 heteroatoms. The number of nitrogens with one attached hydrogen (secondary N) is 1. The van der Waals surface area contributed by atoms with Gasteiger partial charge in [0.05, 0.1) is 14.2 Å². The third-order valence-corrected chi connectivity index (χ3v) is 3.13. The van der Waals surface area contributed by atoms with Gasteiger partial charge in [-0.25, -0.2) is 0 Å². The first-order valence-corrected chi connectivity index (χ1v) is 5.79. The molecule has 1 heterocycles. The van der Waals surface area contributed by atoms with Gasteiger partial charge in [0.1, 0.15) is 0 Å². The predicted octanol–water partition coefficient (Wildman–Crippen LogP) is 2.78. The summed E-state index contributed by atoms with van der Waals surface area (Å²) in [6.07, 6.45) is 2.29. The summed E-state index contributed by atoms with van der Waals surface area (Å²) in [6.45, 7) is 1.04. The first kappa shape index (κ1) is 11.6. The summed E-state index contributed by atoms with van der Waals surface area (Å²) >= 11 is 6.07. The lowest BCUT2D eigenvalue weighted by Crippen LogP contribution is -2.14. The van der Waals surface area contributed by atoms with Crippen molar-refractivity contribution in [2.24, 2.45) is 0 Å². The van der Waals surface area contributed by atoms with E-state index < -0.39 is 0 Å². The van der Waals surface area contributed by atoms with Crippen LogP contribution in [0.1, 0.15) is 24.4 Å². The van der Waals surface area contributed by atoms with E-state index in [1.165, 1.54) is 6.42 Å². The lowest BCUT2D eigenvalue weighted by atomic mass is 10.0. The molecule has 1 unspecified atom stereocenters. The molecule has 2 rings (SSSR count). The Hall–Kier alpha value is -0.930. The Bertz CT molecular complexity index is 376. The molecular weight excluding hydrogens is 226 g/mol. The fraction of sp³-hybridized carbons (Fsp3) is 0.500. The van der Waals surface area contributed by atoms with Crippen LogP contribution in [0.2, 0.25) is 5.02 Å². The normalized spacial score (nSPS) is 19.8. The van der Waals surface area contributed by atoms with Crippen LogP contribution in [0, 0.1) is 0 Å². The lowest BCUT2D eigenvalue weighted by molar-refractivity contribution is 0.348. The fourth-order valence-corrected chi connectivity index (χ4v) is 2.38. The molecule has 1 fully saturated rings. The Morgan fingerprint density at radius 2 is 2.12 bits per heavy atom. The van der Waals surface area contributed by atoms with Crippen LogP contribution in [0.15, 0.2) is 12.1 Å². The zero-order chi connectivity index (χ0) is 11.5. The number of hydrogen-bond acceptors (Lipinski definition) is 3. The van der Waals surface area contributed by atoms with Crippen molar-refractivity contribution in [3.8, 4) is 11.5 Å². The van der Waals surface area contributed by atoms with Gasteiger partial charge in [0.15, 0.2) is 11.5 Å². The van der Waals surface area contributed by atoms with Gasteiger partial charge in [-0.1, -0.05) is 11.6 Å². The van der Waals surface area contributed by atoms with Gasteiger partial charge in [0.25, 0.3) is 0 Å². The van der Waals surface area contributed by atoms with Crippen molar-refractivity contribution in [1.82, 2.24) is 5.32 Å². The van der Waals surface area contributed by atoms with Gasteiger partial charge in [-0.3, -0.25) is 0 Å². The van der Waals surface area contributed by atoms with Gasteiger partial charge in [-0.2, -0.15) is 0 Å². The molecule has 0 aliphatic carbocycles. The van der Waals surface area contributed by atoms with E-state index in [4.69, 9.17) is 21.1 Å². The van der Waals surface area contributed by atoms with Crippen molar-refractivity contribution >= 4 is 11.6 Å². The maximum atomic E-state index is 6.07. The van der Waals surface area contributed by atoms with Gasteiger partial charge < -0.3 is 14.8 Å². The first-order chi connectivity index (χ1) is 7.76. The van der Waals surface area contributed by atoms with Crippen LogP contribution in [0.25, 0.3) is 0 Å². The van der Waals surface area contributed by atoms with Gasteiger partial charge in [-0.15, -0.1) is 0 Å². The van der Waals surface area contributed by atoms with Crippen molar-refractivity contribution in [2.45, 2.75) is 18.9 Å². The highest BCUT2D eigenvalue weighted by Gasteiger charge is 2.22. The van der Waals surface area contributed by atoms with Gasteiger partial charge >= 0.3 is 0 Å². The molecule has 16 heavy (non-hydrogen) atoms. The molecule has 1 atom stereocenters. The highest BCUT2D eigenvalue weighted by atomic mass is 35.5. The summed E-state index contributed by atoms with van der Waals surface area (Å²) in [7, 11) is 3.28. The van der Waals surface area contributed by atoms with Gasteiger partial charge in [-0.05, 0) is 25.5 Å². The molecule has 1 aromatic rings. The second kappa shape index (κ2) is 4.93. The average molecular weight is 242 g/mol. The standard InChI is InChI=1S/C12H16ClNO2/c1-15-11-7-8(13)6-9(12(11)16-2)10-4-3-5-14-10/h6-7,10,14H,3-5H2,1-2H3. The van der Waals surface area contributed by atoms with Gasteiger partial charge in [0, 0.05) is 22.7 Å². The molecule has 88 valence electrons. The van der Waals surface area contributed by atoms with Crippen LogP contribution >= 0.6 is 11.6 Å². The van der Waals surface area contributed by atoms with E-state index in [1.54, 1.807) is 20.3 Å². The smallest absolute Gasteiger partial charge is 0.165 e. The van der Waals surface area contributed by atoms with E-state index in [0.29, 0.717) is 16.8 Å². The maximum absolute atomic E-state index is 6.07. The Morgan fingerprint density at radius 3 is 2.69 bits per heavy atom. The minimum atomic E-state index is 0.322. The maximum Gasteiger partial charge on any atom is 0.165 e. The van der Waals surface area contributed by atoms with E-state index >= 15 is 0 Å². The molecule has 1 aliphatic rings. The molecule has 0 amide bonds. The molecule has 0 bridgehead atoms. The quantitative estimate of drug-likeness (QED) is 0.883. The highest BCUT2D eigenvalue weighted by molar-refractivity contribution is 6.30. The number of methoxy groups -OCH3 is 2. The molecule has 0 saturated carbocycles. The van der Waals surface area contributed by atoms with E-state index in [-0.39, 0.29) is 0 Å². The topological polar surface area (TPSA) is 30.5 Å². The molecule has 1 N–H and O–H groups in total. The lowest BCUT2D eigenvalue weighted by Gasteiger charge is -2.18. The largest absolute Gasteiger partial charge is 0.493 e. The van der Waals surface area contributed by atoms with Crippen molar-refractivity contribution < 1.29 is 9.47 Å². The molecular formula is C12H16ClNO2. The van der Waals surface area contributed by atoms with E-state index in [2.05, 4.69) is 5.32 Å². The molecule has 0 radical (unpaired) electrons. The zero-order valence-electron chi connectivity index (χ0n) is 9.55.